The maximum Gasteiger partial charge on any atom is 0.0518 e. The molecule has 0 rings (SSSR count). The van der Waals surface area contributed by atoms with E-state index >= 15 is 0 Å². The number of hydrogen-bond donors (Lipinski definition) is 0. The van der Waals surface area contributed by atoms with Gasteiger partial charge < -0.3 is 0 Å². The van der Waals surface area contributed by atoms with Gasteiger partial charge in [-0.25, -0.2) is 0 Å². The molecule has 0 aliphatic rings. The summed E-state index contributed by atoms with van der Waals surface area (Å²) in [5.74, 6) is 0. The lowest BCUT2D eigenvalue weighted by Crippen LogP contribution is -1.97. The molecule has 0 aliphatic heterocycles. The predicted octanol–water partition coefficient (Wildman–Crippen LogP) is 0.229. The van der Waals surface area contributed by atoms with Gasteiger partial charge in [0.25, 0.3) is 0 Å². The quantitative estimate of drug-likeness (QED) is 0.331. The first kappa shape index (κ1) is 1.74. The van der Waals surface area contributed by atoms with Crippen molar-refractivity contribution in [1.82, 2.24) is 5.01 Å². The van der Waals surface area contributed by atoms with E-state index in [1.54, 1.807) is 0 Å². The molecule has 0 fully saturated rings. The zero-order valence-electron chi connectivity index (χ0n) is 4.88. The van der Waals surface area contributed by atoms with Gasteiger partial charge in [0.2, 0.25) is 0 Å². The minimum absolute atomic E-state index is 0.694. The molecule has 3 nitrogen and oxygen atoms in total. The second-order valence-corrected chi connectivity index (χ2v) is 0.655. The molecule has 0 heterocycles. The van der Waals surface area contributed by atoms with E-state index in [0.717, 1.165) is 0 Å². The van der Waals surface area contributed by atoms with Crippen LogP contribution in [0.2, 0.25) is 0 Å². The maximum absolute atomic E-state index is 9.38. The highest BCUT2D eigenvalue weighted by molar-refractivity contribution is 4.16. The van der Waals surface area contributed by atoms with Crippen molar-refractivity contribution in [1.29, 1.82) is 0 Å². The Kier molecular flexibility index (Phi) is 0.591. The number of nitroso groups, excluding NO2 is 1. The van der Waals surface area contributed by atoms with Crippen molar-refractivity contribution in [2.45, 2.75) is 0 Å². The van der Waals surface area contributed by atoms with Gasteiger partial charge in [-0.3, -0.25) is 5.01 Å². The number of rotatable bonds is 1. The maximum atomic E-state index is 9.38. The summed E-state index contributed by atoms with van der Waals surface area (Å²) in [6.45, 7) is -1.28. The second-order valence-electron chi connectivity index (χ2n) is 0.655. The van der Waals surface area contributed by atoms with Crippen LogP contribution in [0.25, 0.3) is 0 Å². The van der Waals surface area contributed by atoms with Gasteiger partial charge in [-0.2, -0.15) is 0 Å². The Balaban J connectivity index is 3.33. The van der Waals surface area contributed by atoms with Gasteiger partial charge >= 0.3 is 0 Å². The van der Waals surface area contributed by atoms with Gasteiger partial charge in [0.1, 0.15) is 0 Å². The Bertz CT molecular complexity index is 66.7. The van der Waals surface area contributed by atoms with Crippen LogP contribution in [0.4, 0.5) is 0 Å². The van der Waals surface area contributed by atoms with Gasteiger partial charge in [0, 0.05) is 16.8 Å². The van der Waals surface area contributed by atoms with E-state index < -0.39 is 7.00 Å². The largest absolute Gasteiger partial charge is 0.267 e. The van der Waals surface area contributed by atoms with Gasteiger partial charge in [-0.1, -0.05) is 0 Å². The van der Waals surface area contributed by atoms with Gasteiger partial charge in [-0.05, 0) is 0 Å². The van der Waals surface area contributed by atoms with Gasteiger partial charge in [-0.15, -0.1) is 4.91 Å². The van der Waals surface area contributed by atoms with E-state index in [1.165, 1.54) is 7.05 Å². The third-order valence-corrected chi connectivity index (χ3v) is 0.129. The summed E-state index contributed by atoms with van der Waals surface area (Å²) in [6.07, 6.45) is 0. The molecule has 0 saturated heterocycles. The molecule has 0 aromatic carbocycles. The highest BCUT2D eigenvalue weighted by Gasteiger charge is 1.68. The highest BCUT2D eigenvalue weighted by atomic mass is 16.3. The number of nitrogens with zero attached hydrogens (tertiary/aromatic N) is 2. The lowest BCUT2D eigenvalue weighted by molar-refractivity contribution is 0.431. The molecule has 0 unspecified atom stereocenters. The summed E-state index contributed by atoms with van der Waals surface area (Å²) < 4.78 is 13.0. The summed E-state index contributed by atoms with van der Waals surface area (Å²) in [7, 11) is 1.28. The molecule has 0 N–H and O–H groups in total. The summed E-state index contributed by atoms with van der Waals surface area (Å²) in [4.78, 5) is 9.38. The molecule has 5 heavy (non-hydrogen) atoms. The summed E-state index contributed by atoms with van der Waals surface area (Å²) in [6, 6.07) is 0. The first-order chi connectivity index (χ1) is 3.18. The Hall–Kier alpha value is -0.600. The zero-order valence-corrected chi connectivity index (χ0v) is 2.88. The average Bonchev–Trinajstić information content (AvgIpc) is 1.65. The summed E-state index contributed by atoms with van der Waals surface area (Å²) >= 11 is 0. The average molecular weight is 77.1 g/mol. The van der Waals surface area contributed by atoms with Crippen LogP contribution in [-0.2, 0) is 0 Å². The van der Waals surface area contributed by atoms with Crippen LogP contribution in [0.1, 0.15) is 2.74 Å². The Labute approximate surface area is 33.3 Å². The van der Waals surface area contributed by atoms with Crippen LogP contribution < -0.4 is 0 Å². The summed E-state index contributed by atoms with van der Waals surface area (Å²) in [5, 5.41) is 2.99. The van der Waals surface area contributed by atoms with Crippen molar-refractivity contribution in [3.8, 4) is 0 Å². The van der Waals surface area contributed by atoms with Crippen molar-refractivity contribution < 1.29 is 2.74 Å². The predicted molar refractivity (Wildman–Crippen MR) is 19.5 cm³/mol. The van der Waals surface area contributed by atoms with E-state index in [-0.39, 0.29) is 0 Å². The van der Waals surface area contributed by atoms with E-state index in [1.807, 2.05) is 0 Å². The lowest BCUT2D eigenvalue weighted by Gasteiger charge is -1.90. The molecule has 0 bridgehead atoms. The van der Waals surface area contributed by atoms with E-state index in [2.05, 4.69) is 5.29 Å². The third kappa shape index (κ3) is 3.40. The monoisotopic (exact) mass is 77.1 g/mol. The van der Waals surface area contributed by atoms with Crippen LogP contribution in [0.5, 0.6) is 0 Å². The minimum Gasteiger partial charge on any atom is -0.267 e. The Morgan fingerprint density at radius 3 is 3.20 bits per heavy atom. The van der Waals surface area contributed by atoms with Crippen molar-refractivity contribution in [3.05, 3.63) is 4.91 Å². The van der Waals surface area contributed by atoms with Crippen molar-refractivity contribution in [3.63, 3.8) is 0 Å². The Morgan fingerprint density at radius 1 is 2.60 bits per heavy atom. The molecule has 0 spiro atoms. The summed E-state index contributed by atoms with van der Waals surface area (Å²) in [5.41, 5.74) is 0. The van der Waals surface area contributed by atoms with Crippen LogP contribution in [0, 0.1) is 4.91 Å². The Morgan fingerprint density at radius 2 is 3.20 bits per heavy atom. The van der Waals surface area contributed by atoms with Crippen LogP contribution in [0.3, 0.4) is 0 Å². The smallest absolute Gasteiger partial charge is 0.0518 e. The SMILES string of the molecule is [2H][C@H]([3H])N(C)N=O. The number of hydrogen-bond acceptors (Lipinski definition) is 2. The van der Waals surface area contributed by atoms with Gasteiger partial charge in [0.15, 0.2) is 0 Å². The molecule has 0 radical (unpaired) electrons. The normalized spacial score (nSPS) is 18.6. The van der Waals surface area contributed by atoms with Crippen molar-refractivity contribution in [2.24, 2.45) is 5.29 Å². The second kappa shape index (κ2) is 1.69. The van der Waals surface area contributed by atoms with E-state index in [9.17, 15) is 4.91 Å². The fraction of sp³-hybridized carbons (Fsp3) is 1.00. The molecule has 30 valence electrons. The molecule has 1 atom stereocenters. The minimum atomic E-state index is -1.28. The van der Waals surface area contributed by atoms with Gasteiger partial charge in [0.05, 0.1) is 5.29 Å². The molecule has 0 saturated carbocycles. The molecule has 0 aromatic heterocycles. The van der Waals surface area contributed by atoms with E-state index in [0.29, 0.717) is 5.01 Å². The fourth-order valence-electron chi connectivity index (χ4n) is 0. The fourth-order valence-corrected chi connectivity index (χ4v) is 0. The van der Waals surface area contributed by atoms with Crippen LogP contribution in [0.15, 0.2) is 5.29 Å². The first-order valence-electron chi connectivity index (χ1n) is 2.24. The molecular weight excluding hydrogens is 68.0 g/mol. The highest BCUT2D eigenvalue weighted by Crippen LogP contribution is 1.64. The standard InChI is InChI=1S/C2H6N2O/c1-4(2)3-5/h1-2H3/i1TD/t1-/m1/s1. The molecule has 0 aliphatic carbocycles. The van der Waals surface area contributed by atoms with Crippen molar-refractivity contribution >= 4 is 0 Å². The van der Waals surface area contributed by atoms with E-state index in [4.69, 9.17) is 2.74 Å². The third-order valence-electron chi connectivity index (χ3n) is 0.129. The molecule has 3 heteroatoms. The van der Waals surface area contributed by atoms with Crippen LogP contribution in [-0.4, -0.2) is 19.1 Å². The molecular formula is C2H6N2O. The first-order valence-corrected chi connectivity index (χ1v) is 1.09. The van der Waals surface area contributed by atoms with Crippen LogP contribution >= 0.6 is 0 Å². The molecule has 0 aromatic rings. The topological polar surface area (TPSA) is 32.7 Å². The lowest BCUT2D eigenvalue weighted by atomic mass is 11.2. The zero-order chi connectivity index (χ0) is 5.86. The van der Waals surface area contributed by atoms with Crippen molar-refractivity contribution in [2.75, 3.05) is 14.0 Å². The molecule has 0 amide bonds.